The fourth-order valence-electron chi connectivity index (χ4n) is 9.67. The summed E-state index contributed by atoms with van der Waals surface area (Å²) in [7, 11) is 0. The average Bonchev–Trinajstić information content (AvgIpc) is 3.29. The van der Waals surface area contributed by atoms with Crippen molar-refractivity contribution in [3.8, 4) is 0 Å². The molecule has 0 aromatic heterocycles. The molecular weight excluding hydrogens is 500 g/mol. The second-order valence-electron chi connectivity index (χ2n) is 14.6. The molecule has 5 nitrogen and oxygen atoms in total. The maximum atomic E-state index is 8.69. The van der Waals surface area contributed by atoms with Crippen molar-refractivity contribution in [2.75, 3.05) is 52.9 Å². The van der Waals surface area contributed by atoms with Gasteiger partial charge in [-0.25, -0.2) is 0 Å². The summed E-state index contributed by atoms with van der Waals surface area (Å²) in [5, 5.41) is 8.69. The lowest BCUT2D eigenvalue weighted by atomic mass is 9.47. The van der Waals surface area contributed by atoms with Crippen molar-refractivity contribution in [3.63, 3.8) is 0 Å². The van der Waals surface area contributed by atoms with E-state index in [0.29, 0.717) is 63.2 Å². The molecule has 1 N–H and O–H groups in total. The second kappa shape index (κ2) is 15.3. The van der Waals surface area contributed by atoms with Crippen molar-refractivity contribution in [1.82, 2.24) is 0 Å². The van der Waals surface area contributed by atoms with Crippen molar-refractivity contribution in [1.29, 1.82) is 0 Å². The molecule has 0 amide bonds. The molecule has 0 aromatic rings. The van der Waals surface area contributed by atoms with Crippen LogP contribution in [-0.4, -0.2) is 64.1 Å². The highest BCUT2D eigenvalue weighted by atomic mass is 16.6. The van der Waals surface area contributed by atoms with Crippen LogP contribution in [0.2, 0.25) is 0 Å². The molecule has 40 heavy (non-hydrogen) atoms. The largest absolute Gasteiger partial charge is 0.394 e. The molecule has 4 rings (SSSR count). The number of hydrogen-bond donors (Lipinski definition) is 1. The summed E-state index contributed by atoms with van der Waals surface area (Å²) in [5.74, 6) is 5.37. The van der Waals surface area contributed by atoms with E-state index < -0.39 is 0 Å². The lowest BCUT2D eigenvalue weighted by Gasteiger charge is -2.58. The first-order valence-corrected chi connectivity index (χ1v) is 16.9. The standard InChI is InChI=1S/C35H62O5/c1-26(2)7-6-8-27(3)31-11-12-32-30-10-9-28-25-29(13-15-34(28,4)33(30)14-16-35(31,32)5)40-24-23-39-22-21-38-20-19-37-18-17-36/h9,26-27,29-33,36H,6-8,10-25H2,1-5H3/t27-,29+,30+,31-,32+,33+,34+,35-/m1/s1. The van der Waals surface area contributed by atoms with Gasteiger partial charge in [0.1, 0.15) is 0 Å². The zero-order valence-electron chi connectivity index (χ0n) is 26.6. The molecule has 0 bridgehead atoms. The molecule has 0 aromatic carbocycles. The lowest BCUT2D eigenvalue weighted by molar-refractivity contribution is -0.0691. The summed E-state index contributed by atoms with van der Waals surface area (Å²) in [6.07, 6.45) is 18.0. The predicted molar refractivity (Wildman–Crippen MR) is 162 cm³/mol. The number of rotatable bonds is 17. The van der Waals surface area contributed by atoms with E-state index in [1.54, 1.807) is 5.57 Å². The molecule has 4 aliphatic carbocycles. The molecule has 0 saturated heterocycles. The van der Waals surface area contributed by atoms with Crippen LogP contribution < -0.4 is 0 Å². The lowest BCUT2D eigenvalue weighted by Crippen LogP contribution is -2.51. The van der Waals surface area contributed by atoms with Crippen LogP contribution in [0.15, 0.2) is 11.6 Å². The molecule has 3 saturated carbocycles. The highest BCUT2D eigenvalue weighted by molar-refractivity contribution is 5.25. The van der Waals surface area contributed by atoms with E-state index in [-0.39, 0.29) is 6.61 Å². The van der Waals surface area contributed by atoms with E-state index in [1.165, 1.54) is 64.2 Å². The average molecular weight is 563 g/mol. The normalized spacial score (nSPS) is 36.2. The monoisotopic (exact) mass is 562 g/mol. The van der Waals surface area contributed by atoms with Crippen LogP contribution in [-0.2, 0) is 18.9 Å². The number of fused-ring (bicyclic) bond motifs is 5. The van der Waals surface area contributed by atoms with Gasteiger partial charge in [0.05, 0.1) is 59.0 Å². The van der Waals surface area contributed by atoms with Gasteiger partial charge in [-0.2, -0.15) is 0 Å². The number of ether oxygens (including phenoxy) is 4. The third-order valence-electron chi connectivity index (χ3n) is 11.8. The van der Waals surface area contributed by atoms with E-state index in [9.17, 15) is 0 Å². The van der Waals surface area contributed by atoms with E-state index in [4.69, 9.17) is 24.1 Å². The zero-order valence-corrected chi connectivity index (χ0v) is 26.6. The molecule has 4 aliphatic rings. The molecule has 5 heteroatoms. The maximum absolute atomic E-state index is 8.69. The first kappa shape index (κ1) is 32.5. The first-order chi connectivity index (χ1) is 19.3. The van der Waals surface area contributed by atoms with Crippen molar-refractivity contribution in [2.45, 2.75) is 111 Å². The summed E-state index contributed by atoms with van der Waals surface area (Å²) in [4.78, 5) is 0. The fourth-order valence-corrected chi connectivity index (χ4v) is 9.67. The highest BCUT2D eigenvalue weighted by Crippen LogP contribution is 2.67. The third-order valence-corrected chi connectivity index (χ3v) is 11.8. The summed E-state index contributed by atoms with van der Waals surface area (Å²) >= 11 is 0. The van der Waals surface area contributed by atoms with Gasteiger partial charge >= 0.3 is 0 Å². The SMILES string of the molecule is CC(C)CCC[C@@H](C)[C@H]1CC[C@H]2[C@@H]3CC=C4C[C@@H](OCCOCCOCCOCCO)CC[C@]4(C)[C@H]3CC[C@]12C. The van der Waals surface area contributed by atoms with Gasteiger partial charge in [0.25, 0.3) is 0 Å². The predicted octanol–water partition coefficient (Wildman–Crippen LogP) is 7.46. The van der Waals surface area contributed by atoms with E-state index >= 15 is 0 Å². The Morgan fingerprint density at radius 1 is 0.825 bits per heavy atom. The molecular formula is C35H62O5. The van der Waals surface area contributed by atoms with Crippen LogP contribution >= 0.6 is 0 Å². The van der Waals surface area contributed by atoms with Gasteiger partial charge in [-0.1, -0.05) is 65.5 Å². The Morgan fingerprint density at radius 2 is 1.52 bits per heavy atom. The summed E-state index contributed by atoms with van der Waals surface area (Å²) in [6, 6.07) is 0. The van der Waals surface area contributed by atoms with Gasteiger partial charge in [0, 0.05) is 0 Å². The number of allylic oxidation sites excluding steroid dienone is 1. The fraction of sp³-hybridized carbons (Fsp3) is 0.943. The number of aliphatic hydroxyl groups excluding tert-OH is 1. The molecule has 0 aliphatic heterocycles. The van der Waals surface area contributed by atoms with Gasteiger partial charge in [0.2, 0.25) is 0 Å². The molecule has 8 atom stereocenters. The quantitative estimate of drug-likeness (QED) is 0.147. The Kier molecular flexibility index (Phi) is 12.4. The first-order valence-electron chi connectivity index (χ1n) is 16.9. The Balaban J connectivity index is 1.21. The van der Waals surface area contributed by atoms with Crippen LogP contribution in [0.4, 0.5) is 0 Å². The van der Waals surface area contributed by atoms with E-state index in [2.05, 4.69) is 40.7 Å². The van der Waals surface area contributed by atoms with E-state index in [0.717, 1.165) is 41.9 Å². The smallest absolute Gasteiger partial charge is 0.0704 e. The second-order valence-corrected chi connectivity index (χ2v) is 14.6. The zero-order chi connectivity index (χ0) is 28.6. The third kappa shape index (κ3) is 7.73. The summed E-state index contributed by atoms with van der Waals surface area (Å²) in [5.41, 5.74) is 2.67. The minimum Gasteiger partial charge on any atom is -0.394 e. The van der Waals surface area contributed by atoms with Gasteiger partial charge in [-0.05, 0) is 97.7 Å². The molecule has 232 valence electrons. The molecule has 0 radical (unpaired) electrons. The van der Waals surface area contributed by atoms with Crippen molar-refractivity contribution in [2.24, 2.45) is 46.3 Å². The Bertz CT molecular complexity index is 782. The Morgan fingerprint density at radius 3 is 2.23 bits per heavy atom. The van der Waals surface area contributed by atoms with Crippen LogP contribution in [0.1, 0.15) is 105 Å². The van der Waals surface area contributed by atoms with Gasteiger partial charge in [-0.3, -0.25) is 0 Å². The summed E-state index contributed by atoms with van der Waals surface area (Å²) < 4.78 is 22.7. The van der Waals surface area contributed by atoms with Crippen molar-refractivity contribution >= 4 is 0 Å². The van der Waals surface area contributed by atoms with E-state index in [1.807, 2.05) is 0 Å². The van der Waals surface area contributed by atoms with Crippen LogP contribution in [0, 0.1) is 46.3 Å². The van der Waals surface area contributed by atoms with Crippen LogP contribution in [0.5, 0.6) is 0 Å². The van der Waals surface area contributed by atoms with Crippen LogP contribution in [0.25, 0.3) is 0 Å². The number of hydrogen-bond acceptors (Lipinski definition) is 5. The molecule has 0 spiro atoms. The van der Waals surface area contributed by atoms with Gasteiger partial charge < -0.3 is 24.1 Å². The Hall–Kier alpha value is -0.460. The summed E-state index contributed by atoms with van der Waals surface area (Å²) in [6.45, 7) is 16.6. The van der Waals surface area contributed by atoms with Crippen molar-refractivity contribution in [3.05, 3.63) is 11.6 Å². The molecule has 3 fully saturated rings. The topological polar surface area (TPSA) is 57.2 Å². The van der Waals surface area contributed by atoms with Gasteiger partial charge in [-0.15, -0.1) is 0 Å². The molecule has 0 heterocycles. The van der Waals surface area contributed by atoms with Crippen molar-refractivity contribution < 1.29 is 24.1 Å². The Labute approximate surface area is 246 Å². The maximum Gasteiger partial charge on any atom is 0.0704 e. The highest BCUT2D eigenvalue weighted by Gasteiger charge is 2.59. The van der Waals surface area contributed by atoms with Crippen LogP contribution in [0.3, 0.4) is 0 Å². The number of aliphatic hydroxyl groups is 1. The minimum atomic E-state index is 0.0559. The van der Waals surface area contributed by atoms with Gasteiger partial charge in [0.15, 0.2) is 0 Å². The molecule has 0 unspecified atom stereocenters. The minimum absolute atomic E-state index is 0.0559.